The Morgan fingerprint density at radius 2 is 1.76 bits per heavy atom. The standard InChI is InChI=1S/C18H28N4O3/c1-21-14(23)18(22(2)16(21)25)10-17(11-18)7-5-13(6-8-17)20-15(24)19-9-12-3-4-12/h12-13H,3-11H2,1-2H3,(H2,19,20,24). The zero-order chi connectivity index (χ0) is 17.8. The van der Waals surface area contributed by atoms with E-state index in [-0.39, 0.29) is 29.4 Å². The summed E-state index contributed by atoms with van der Waals surface area (Å²) in [5.41, 5.74) is -0.439. The molecule has 1 heterocycles. The molecule has 1 saturated heterocycles. The van der Waals surface area contributed by atoms with E-state index in [0.717, 1.165) is 45.1 Å². The largest absolute Gasteiger partial charge is 0.338 e. The van der Waals surface area contributed by atoms with Crippen LogP contribution in [0.3, 0.4) is 0 Å². The van der Waals surface area contributed by atoms with Gasteiger partial charge in [-0.05, 0) is 62.7 Å². The molecule has 1 aliphatic heterocycles. The van der Waals surface area contributed by atoms with Crippen molar-refractivity contribution in [2.45, 2.75) is 62.9 Å². The van der Waals surface area contributed by atoms with E-state index in [9.17, 15) is 14.4 Å². The van der Waals surface area contributed by atoms with Gasteiger partial charge in [-0.3, -0.25) is 9.69 Å². The number of carbonyl (C=O) groups is 3. The number of imide groups is 1. The molecule has 0 aromatic heterocycles. The molecule has 2 N–H and O–H groups in total. The maximum absolute atomic E-state index is 12.5. The minimum Gasteiger partial charge on any atom is -0.338 e. The molecule has 2 spiro atoms. The van der Waals surface area contributed by atoms with Crippen LogP contribution < -0.4 is 10.6 Å². The van der Waals surface area contributed by atoms with Gasteiger partial charge in [0.25, 0.3) is 5.91 Å². The summed E-state index contributed by atoms with van der Waals surface area (Å²) in [4.78, 5) is 39.4. The first-order valence-corrected chi connectivity index (χ1v) is 9.46. The van der Waals surface area contributed by atoms with Crippen molar-refractivity contribution in [2.24, 2.45) is 11.3 Å². The van der Waals surface area contributed by atoms with Crippen LogP contribution in [0.25, 0.3) is 0 Å². The third-order valence-corrected chi connectivity index (χ3v) is 6.88. The number of urea groups is 2. The molecular formula is C18H28N4O3. The topological polar surface area (TPSA) is 81.8 Å². The van der Waals surface area contributed by atoms with Crippen LogP contribution in [0.15, 0.2) is 0 Å². The first kappa shape index (κ1) is 16.7. The SMILES string of the molecule is CN1C(=O)N(C)C2(CC3(CCC(NC(=O)NCC4CC4)CC3)C2)C1=O. The summed E-state index contributed by atoms with van der Waals surface area (Å²) in [7, 11) is 3.32. The number of carbonyl (C=O) groups excluding carboxylic acids is 3. The molecule has 4 rings (SSSR count). The molecule has 0 radical (unpaired) electrons. The zero-order valence-corrected chi connectivity index (χ0v) is 15.1. The van der Waals surface area contributed by atoms with Crippen LogP contribution in [-0.2, 0) is 4.79 Å². The van der Waals surface area contributed by atoms with Crippen molar-refractivity contribution in [2.75, 3.05) is 20.6 Å². The van der Waals surface area contributed by atoms with Crippen LogP contribution >= 0.6 is 0 Å². The second-order valence-electron chi connectivity index (χ2n) is 8.66. The number of nitrogens with one attached hydrogen (secondary N) is 2. The van der Waals surface area contributed by atoms with Crippen LogP contribution in [-0.4, -0.2) is 60.0 Å². The molecule has 0 atom stereocenters. The third kappa shape index (κ3) is 2.68. The monoisotopic (exact) mass is 348 g/mol. The van der Waals surface area contributed by atoms with Gasteiger partial charge < -0.3 is 15.5 Å². The fraction of sp³-hybridized carbons (Fsp3) is 0.833. The van der Waals surface area contributed by atoms with E-state index in [1.54, 1.807) is 19.0 Å². The molecule has 25 heavy (non-hydrogen) atoms. The molecule has 4 fully saturated rings. The molecule has 3 aliphatic carbocycles. The first-order valence-electron chi connectivity index (χ1n) is 9.46. The van der Waals surface area contributed by atoms with Crippen LogP contribution in [0, 0.1) is 11.3 Å². The lowest BCUT2D eigenvalue weighted by molar-refractivity contribution is -0.147. The van der Waals surface area contributed by atoms with E-state index in [4.69, 9.17) is 0 Å². The minimum absolute atomic E-state index is 0.0455. The third-order valence-electron chi connectivity index (χ3n) is 6.88. The Morgan fingerprint density at radius 3 is 2.28 bits per heavy atom. The van der Waals surface area contributed by atoms with Crippen molar-refractivity contribution in [1.29, 1.82) is 0 Å². The molecule has 0 aromatic carbocycles. The Labute approximate surface area is 148 Å². The summed E-state index contributed by atoms with van der Waals surface area (Å²) in [5.74, 6) is 0.638. The van der Waals surface area contributed by atoms with E-state index in [1.807, 2.05) is 0 Å². The van der Waals surface area contributed by atoms with E-state index < -0.39 is 5.54 Å². The van der Waals surface area contributed by atoms with Crippen LogP contribution in [0.1, 0.15) is 51.4 Å². The number of likely N-dealkylation sites (N-methyl/N-ethyl adjacent to an activating group) is 2. The van der Waals surface area contributed by atoms with Gasteiger partial charge >= 0.3 is 12.1 Å². The van der Waals surface area contributed by atoms with Crippen LogP contribution in [0.4, 0.5) is 9.59 Å². The second kappa shape index (κ2) is 5.61. The van der Waals surface area contributed by atoms with Gasteiger partial charge in [0.05, 0.1) is 0 Å². The van der Waals surface area contributed by atoms with Crippen molar-refractivity contribution >= 4 is 18.0 Å². The summed E-state index contributed by atoms with van der Waals surface area (Å²) in [6.45, 7) is 0.793. The summed E-state index contributed by atoms with van der Waals surface area (Å²) in [5, 5.41) is 6.05. The van der Waals surface area contributed by atoms with Gasteiger partial charge in [-0.2, -0.15) is 0 Å². The molecule has 0 unspecified atom stereocenters. The van der Waals surface area contributed by atoms with Gasteiger partial charge in [0.1, 0.15) is 5.54 Å². The van der Waals surface area contributed by atoms with Crippen LogP contribution in [0.2, 0.25) is 0 Å². The Morgan fingerprint density at radius 1 is 1.12 bits per heavy atom. The summed E-state index contributed by atoms with van der Waals surface area (Å²) < 4.78 is 0. The first-order chi connectivity index (χ1) is 11.9. The fourth-order valence-electron chi connectivity index (χ4n) is 5.05. The fourth-order valence-corrected chi connectivity index (χ4v) is 5.05. The molecular weight excluding hydrogens is 320 g/mol. The molecule has 7 heteroatoms. The number of nitrogens with zero attached hydrogens (tertiary/aromatic N) is 2. The summed E-state index contributed by atoms with van der Waals surface area (Å²) >= 11 is 0. The average molecular weight is 348 g/mol. The van der Waals surface area contributed by atoms with Crippen molar-refractivity contribution in [3.8, 4) is 0 Å². The Balaban J connectivity index is 1.27. The minimum atomic E-state index is -0.603. The highest BCUT2D eigenvalue weighted by Crippen LogP contribution is 2.60. The number of rotatable bonds is 3. The highest BCUT2D eigenvalue weighted by atomic mass is 16.2. The van der Waals surface area contributed by atoms with Gasteiger partial charge in [-0.15, -0.1) is 0 Å². The van der Waals surface area contributed by atoms with E-state index in [2.05, 4.69) is 10.6 Å². The van der Waals surface area contributed by atoms with E-state index in [0.29, 0.717) is 5.92 Å². The lowest BCUT2D eigenvalue weighted by Crippen LogP contribution is -2.63. The van der Waals surface area contributed by atoms with E-state index >= 15 is 0 Å². The number of hydrogen-bond donors (Lipinski definition) is 2. The molecule has 5 amide bonds. The quantitative estimate of drug-likeness (QED) is 0.762. The van der Waals surface area contributed by atoms with Crippen molar-refractivity contribution < 1.29 is 14.4 Å². The van der Waals surface area contributed by atoms with Crippen molar-refractivity contribution in [1.82, 2.24) is 20.4 Å². The highest BCUT2D eigenvalue weighted by molar-refractivity contribution is 6.07. The van der Waals surface area contributed by atoms with E-state index in [1.165, 1.54) is 17.7 Å². The van der Waals surface area contributed by atoms with Gasteiger partial charge in [0, 0.05) is 26.7 Å². The predicted molar refractivity (Wildman–Crippen MR) is 91.8 cm³/mol. The highest BCUT2D eigenvalue weighted by Gasteiger charge is 2.66. The van der Waals surface area contributed by atoms with Gasteiger partial charge in [0.15, 0.2) is 0 Å². The molecule has 0 aromatic rings. The van der Waals surface area contributed by atoms with Crippen LogP contribution in [0.5, 0.6) is 0 Å². The molecule has 4 aliphatic rings. The van der Waals surface area contributed by atoms with Crippen molar-refractivity contribution in [3.63, 3.8) is 0 Å². The van der Waals surface area contributed by atoms with Crippen molar-refractivity contribution in [3.05, 3.63) is 0 Å². The molecule has 3 saturated carbocycles. The number of hydrogen-bond acceptors (Lipinski definition) is 3. The lowest BCUT2D eigenvalue weighted by atomic mass is 9.51. The lowest BCUT2D eigenvalue weighted by Gasteiger charge is -2.57. The van der Waals surface area contributed by atoms with Gasteiger partial charge in [-0.25, -0.2) is 9.59 Å². The maximum atomic E-state index is 12.5. The summed E-state index contributed by atoms with van der Waals surface area (Å²) in [6.07, 6.45) is 7.95. The summed E-state index contributed by atoms with van der Waals surface area (Å²) in [6, 6.07) is -0.0129. The molecule has 0 bridgehead atoms. The maximum Gasteiger partial charge on any atom is 0.327 e. The Bertz CT molecular complexity index is 599. The zero-order valence-electron chi connectivity index (χ0n) is 15.1. The molecule has 7 nitrogen and oxygen atoms in total. The van der Waals surface area contributed by atoms with Gasteiger partial charge in [0.2, 0.25) is 0 Å². The van der Waals surface area contributed by atoms with Gasteiger partial charge in [-0.1, -0.05) is 0 Å². The second-order valence-corrected chi connectivity index (χ2v) is 8.66. The average Bonchev–Trinajstić information content (AvgIpc) is 3.38. The predicted octanol–water partition coefficient (Wildman–Crippen LogP) is 1.68. The Hall–Kier alpha value is -1.79. The Kier molecular flexibility index (Phi) is 3.74. The molecule has 138 valence electrons. The smallest absolute Gasteiger partial charge is 0.327 e. The number of amides is 5. The normalized spacial score (nSPS) is 37.6.